The van der Waals surface area contributed by atoms with Crippen molar-refractivity contribution in [3.8, 4) is 0 Å². The number of benzene rings is 2. The van der Waals surface area contributed by atoms with E-state index in [9.17, 15) is 19.1 Å². The maximum absolute atomic E-state index is 13.1. The van der Waals surface area contributed by atoms with Crippen molar-refractivity contribution in [2.45, 2.75) is 6.42 Å². The number of nitrogens with zero attached hydrogens (tertiary/aromatic N) is 2. The van der Waals surface area contributed by atoms with E-state index in [-0.39, 0.29) is 24.5 Å². The Morgan fingerprint density at radius 1 is 1.24 bits per heavy atom. The van der Waals surface area contributed by atoms with Crippen LogP contribution in [0.4, 0.5) is 10.1 Å². The minimum atomic E-state index is -1.16. The van der Waals surface area contributed by atoms with Gasteiger partial charge in [-0.15, -0.1) is 0 Å². The van der Waals surface area contributed by atoms with Crippen LogP contribution in [-0.4, -0.2) is 36.4 Å². The van der Waals surface area contributed by atoms with Crippen molar-refractivity contribution < 1.29 is 23.8 Å². The second-order valence-electron chi connectivity index (χ2n) is 6.43. The molecule has 1 atom stereocenters. The molecule has 0 spiro atoms. The van der Waals surface area contributed by atoms with Crippen LogP contribution in [-0.2, 0) is 14.3 Å². The average Bonchev–Trinajstić information content (AvgIpc) is 2.99. The lowest BCUT2D eigenvalue weighted by Crippen LogP contribution is -2.29. The predicted octanol–water partition coefficient (Wildman–Crippen LogP) is 4.00. The lowest BCUT2D eigenvalue weighted by Gasteiger charge is -2.15. The number of rotatable bonds is 7. The Morgan fingerprint density at radius 3 is 2.48 bits per heavy atom. The van der Waals surface area contributed by atoms with E-state index in [1.54, 1.807) is 24.3 Å². The summed E-state index contributed by atoms with van der Waals surface area (Å²) in [4.78, 5) is 24.8. The van der Waals surface area contributed by atoms with Crippen LogP contribution in [0.15, 0.2) is 59.2 Å². The highest BCUT2D eigenvalue weighted by Crippen LogP contribution is 2.29. The molecule has 0 bridgehead atoms. The van der Waals surface area contributed by atoms with Gasteiger partial charge < -0.3 is 9.84 Å². The van der Waals surface area contributed by atoms with Crippen molar-refractivity contribution in [2.75, 3.05) is 18.7 Å². The maximum Gasteiger partial charge on any atom is 0.331 e. The lowest BCUT2D eigenvalue weighted by atomic mass is 9.93. The van der Waals surface area contributed by atoms with Gasteiger partial charge in [0.15, 0.2) is 0 Å². The van der Waals surface area contributed by atoms with Gasteiger partial charge in [-0.05, 0) is 54.5 Å². The standard InChI is InChI=1S/C21H18ClFN2O4/c1-29-12-19-18(20(26)25(24-19)17-8-4-15(22)5-9-17)11-14(21(27)28)10-13-2-6-16(23)7-3-13/h2-10,18H,11-12H2,1H3,(H,27,28)/b14-10-. The predicted molar refractivity (Wildman–Crippen MR) is 108 cm³/mol. The van der Waals surface area contributed by atoms with Gasteiger partial charge in [0.05, 0.1) is 23.9 Å². The van der Waals surface area contributed by atoms with Crippen molar-refractivity contribution in [2.24, 2.45) is 11.0 Å². The van der Waals surface area contributed by atoms with E-state index in [2.05, 4.69) is 5.10 Å². The smallest absolute Gasteiger partial charge is 0.331 e. The summed E-state index contributed by atoms with van der Waals surface area (Å²) >= 11 is 5.90. The Bertz CT molecular complexity index is 971. The molecule has 0 aromatic heterocycles. The van der Waals surface area contributed by atoms with Gasteiger partial charge >= 0.3 is 5.97 Å². The highest BCUT2D eigenvalue weighted by Gasteiger charge is 2.37. The van der Waals surface area contributed by atoms with Crippen LogP contribution in [0.25, 0.3) is 6.08 Å². The molecule has 29 heavy (non-hydrogen) atoms. The Labute approximate surface area is 171 Å². The number of hydrogen-bond acceptors (Lipinski definition) is 4. The van der Waals surface area contributed by atoms with E-state index in [1.165, 1.54) is 42.5 Å². The van der Waals surface area contributed by atoms with Crippen LogP contribution in [0.2, 0.25) is 5.02 Å². The van der Waals surface area contributed by atoms with Gasteiger partial charge in [0, 0.05) is 17.7 Å². The van der Waals surface area contributed by atoms with Crippen LogP contribution >= 0.6 is 11.6 Å². The SMILES string of the molecule is COCC1=NN(c2ccc(Cl)cc2)C(=O)C1C/C(=C/c1ccc(F)cc1)C(=O)O. The van der Waals surface area contributed by atoms with Crippen LogP contribution in [0.3, 0.4) is 0 Å². The van der Waals surface area contributed by atoms with Gasteiger partial charge in [-0.25, -0.2) is 14.2 Å². The highest BCUT2D eigenvalue weighted by molar-refractivity contribution is 6.30. The molecule has 0 aliphatic carbocycles. The number of methoxy groups -OCH3 is 1. The van der Waals surface area contributed by atoms with E-state index >= 15 is 0 Å². The molecule has 150 valence electrons. The monoisotopic (exact) mass is 416 g/mol. The fourth-order valence-electron chi connectivity index (χ4n) is 2.98. The molecule has 0 radical (unpaired) electrons. The molecule has 6 nitrogen and oxygen atoms in total. The van der Waals surface area contributed by atoms with Crippen molar-refractivity contribution >= 4 is 41.0 Å². The molecule has 1 N–H and O–H groups in total. The number of aliphatic carboxylic acids is 1. The van der Waals surface area contributed by atoms with Gasteiger partial charge in [-0.3, -0.25) is 4.79 Å². The third kappa shape index (κ3) is 4.88. The minimum absolute atomic E-state index is 0.0108. The fourth-order valence-corrected chi connectivity index (χ4v) is 3.10. The average molecular weight is 417 g/mol. The molecule has 2 aromatic rings. The molecule has 8 heteroatoms. The number of hydrazone groups is 1. The summed E-state index contributed by atoms with van der Waals surface area (Å²) in [5.74, 6) is -2.72. The van der Waals surface area contributed by atoms with E-state index < -0.39 is 17.7 Å². The number of carboxylic acids is 1. The Kier molecular flexibility index (Phi) is 6.41. The summed E-state index contributed by atoms with van der Waals surface area (Å²) in [6.07, 6.45) is 1.35. The summed E-state index contributed by atoms with van der Waals surface area (Å²) in [5, 5.41) is 15.7. The van der Waals surface area contributed by atoms with Crippen LogP contribution in [0, 0.1) is 11.7 Å². The first-order valence-corrected chi connectivity index (χ1v) is 9.12. The first-order chi connectivity index (χ1) is 13.9. The normalized spacial score (nSPS) is 16.9. The van der Waals surface area contributed by atoms with Gasteiger partial charge in [-0.2, -0.15) is 5.10 Å². The largest absolute Gasteiger partial charge is 0.478 e. The van der Waals surface area contributed by atoms with Crippen molar-refractivity contribution in [3.05, 3.63) is 70.5 Å². The molecule has 1 unspecified atom stereocenters. The molecular formula is C21H18ClFN2O4. The third-order valence-electron chi connectivity index (χ3n) is 4.41. The first-order valence-electron chi connectivity index (χ1n) is 8.74. The minimum Gasteiger partial charge on any atom is -0.478 e. The number of carbonyl (C=O) groups is 2. The number of anilines is 1. The van der Waals surface area contributed by atoms with Gasteiger partial charge in [0.25, 0.3) is 5.91 Å². The maximum atomic E-state index is 13.1. The molecule has 2 aromatic carbocycles. The Balaban J connectivity index is 1.89. The number of carboxylic acid groups (broad SMARTS) is 1. The van der Waals surface area contributed by atoms with E-state index in [1.807, 2.05) is 0 Å². The second kappa shape index (κ2) is 8.98. The number of ether oxygens (including phenoxy) is 1. The van der Waals surface area contributed by atoms with E-state index in [0.29, 0.717) is 22.0 Å². The molecular weight excluding hydrogens is 399 g/mol. The molecule has 1 amide bonds. The van der Waals surface area contributed by atoms with Gasteiger partial charge in [0.1, 0.15) is 5.82 Å². The lowest BCUT2D eigenvalue weighted by molar-refractivity contribution is -0.132. The topological polar surface area (TPSA) is 79.2 Å². The molecule has 3 rings (SSSR count). The number of carbonyl (C=O) groups excluding carboxylic acids is 1. The van der Waals surface area contributed by atoms with Crippen molar-refractivity contribution in [1.82, 2.24) is 0 Å². The molecule has 1 heterocycles. The number of hydrogen-bond donors (Lipinski definition) is 1. The summed E-state index contributed by atoms with van der Waals surface area (Å²) in [5.41, 5.74) is 1.49. The zero-order valence-corrected chi connectivity index (χ0v) is 16.3. The van der Waals surface area contributed by atoms with Crippen LogP contribution in [0.5, 0.6) is 0 Å². The first kappa shape index (κ1) is 20.7. The van der Waals surface area contributed by atoms with Gasteiger partial charge in [0.2, 0.25) is 0 Å². The quantitative estimate of drug-likeness (QED) is 0.692. The Morgan fingerprint density at radius 2 is 1.90 bits per heavy atom. The Hall–Kier alpha value is -3.03. The van der Waals surface area contributed by atoms with E-state index in [0.717, 1.165) is 0 Å². The zero-order chi connectivity index (χ0) is 21.0. The number of amides is 1. The van der Waals surface area contributed by atoms with E-state index in [4.69, 9.17) is 16.3 Å². The molecule has 1 aliphatic rings. The third-order valence-corrected chi connectivity index (χ3v) is 4.66. The van der Waals surface area contributed by atoms with Crippen molar-refractivity contribution in [1.29, 1.82) is 0 Å². The van der Waals surface area contributed by atoms with Gasteiger partial charge in [-0.1, -0.05) is 23.7 Å². The molecule has 0 saturated carbocycles. The summed E-state index contributed by atoms with van der Waals surface area (Å²) in [7, 11) is 1.47. The second-order valence-corrected chi connectivity index (χ2v) is 6.87. The summed E-state index contributed by atoms with van der Waals surface area (Å²) in [6.45, 7) is 0.0872. The van der Waals surface area contributed by atoms with Crippen LogP contribution in [0.1, 0.15) is 12.0 Å². The summed E-state index contributed by atoms with van der Waals surface area (Å²) in [6, 6.07) is 12.0. The fraction of sp³-hybridized carbons (Fsp3) is 0.190. The summed E-state index contributed by atoms with van der Waals surface area (Å²) < 4.78 is 18.2. The molecule has 0 fully saturated rings. The molecule has 1 aliphatic heterocycles. The number of halogens is 2. The molecule has 0 saturated heterocycles. The highest BCUT2D eigenvalue weighted by atomic mass is 35.5. The van der Waals surface area contributed by atoms with Crippen LogP contribution < -0.4 is 5.01 Å². The van der Waals surface area contributed by atoms with Crippen molar-refractivity contribution in [3.63, 3.8) is 0 Å². The zero-order valence-electron chi connectivity index (χ0n) is 15.5.